The number of rotatable bonds is 2. The molecule has 0 aliphatic carbocycles. The van der Waals surface area contributed by atoms with E-state index in [9.17, 15) is 8.78 Å². The molecule has 1 rings (SSSR count). The molecule has 0 atom stereocenters. The normalized spacial score (nSPS) is 10.3. The van der Waals surface area contributed by atoms with Gasteiger partial charge in [-0.25, -0.2) is 13.8 Å². The second-order valence-corrected chi connectivity index (χ2v) is 2.80. The highest BCUT2D eigenvalue weighted by Crippen LogP contribution is 2.27. The lowest BCUT2D eigenvalue weighted by Gasteiger charge is -2.05. The predicted octanol–water partition coefficient (Wildman–Crippen LogP) is 2.04. The lowest BCUT2D eigenvalue weighted by Crippen LogP contribution is -1.99. The Bertz CT molecular complexity index is 389. The molecule has 0 saturated carbocycles. The van der Waals surface area contributed by atoms with Crippen LogP contribution >= 0.6 is 11.6 Å². The van der Waals surface area contributed by atoms with Gasteiger partial charge in [-0.2, -0.15) is 5.26 Å². The van der Waals surface area contributed by atoms with Crippen molar-refractivity contribution in [3.8, 4) is 6.07 Å². The Morgan fingerprint density at radius 2 is 2.29 bits per heavy atom. The highest BCUT2D eigenvalue weighted by atomic mass is 35.5. The maximum atomic E-state index is 12.3. The van der Waals surface area contributed by atoms with Crippen molar-refractivity contribution in [3.63, 3.8) is 0 Å². The van der Waals surface area contributed by atoms with Crippen LogP contribution in [0.4, 0.5) is 8.78 Å². The SMILES string of the molecule is N#Cc1nc(Cl)c(C(F)F)cc1CO. The summed E-state index contributed by atoms with van der Waals surface area (Å²) in [7, 11) is 0. The van der Waals surface area contributed by atoms with E-state index in [1.807, 2.05) is 0 Å². The fraction of sp³-hybridized carbons (Fsp3) is 0.250. The highest BCUT2D eigenvalue weighted by molar-refractivity contribution is 6.30. The first kappa shape index (κ1) is 10.8. The summed E-state index contributed by atoms with van der Waals surface area (Å²) in [6, 6.07) is 2.64. The van der Waals surface area contributed by atoms with Crippen LogP contribution < -0.4 is 0 Å². The van der Waals surface area contributed by atoms with Gasteiger partial charge in [-0.05, 0) is 6.07 Å². The number of aliphatic hydroxyl groups is 1. The van der Waals surface area contributed by atoms with Crippen LogP contribution in [0, 0.1) is 11.3 Å². The highest BCUT2D eigenvalue weighted by Gasteiger charge is 2.16. The molecule has 0 amide bonds. The van der Waals surface area contributed by atoms with Crippen molar-refractivity contribution in [1.29, 1.82) is 5.26 Å². The third kappa shape index (κ3) is 1.97. The molecule has 1 heterocycles. The zero-order valence-corrected chi connectivity index (χ0v) is 7.59. The van der Waals surface area contributed by atoms with Crippen LogP contribution in [0.1, 0.15) is 23.2 Å². The van der Waals surface area contributed by atoms with Gasteiger partial charge < -0.3 is 5.11 Å². The van der Waals surface area contributed by atoms with Crippen LogP contribution in [-0.2, 0) is 6.61 Å². The summed E-state index contributed by atoms with van der Waals surface area (Å²) >= 11 is 5.41. The predicted molar refractivity (Wildman–Crippen MR) is 44.8 cm³/mol. The fourth-order valence-corrected chi connectivity index (χ4v) is 1.14. The van der Waals surface area contributed by atoms with Gasteiger partial charge in [0.2, 0.25) is 0 Å². The average Bonchev–Trinajstić information content (AvgIpc) is 2.16. The third-order valence-corrected chi connectivity index (χ3v) is 1.90. The van der Waals surface area contributed by atoms with Crippen molar-refractivity contribution in [2.75, 3.05) is 0 Å². The van der Waals surface area contributed by atoms with Crippen LogP contribution in [0.5, 0.6) is 0 Å². The summed E-state index contributed by atoms with van der Waals surface area (Å²) in [6.07, 6.45) is -2.77. The maximum Gasteiger partial charge on any atom is 0.266 e. The zero-order chi connectivity index (χ0) is 10.7. The number of nitrogens with zero attached hydrogens (tertiary/aromatic N) is 2. The number of nitriles is 1. The Balaban J connectivity index is 3.32. The van der Waals surface area contributed by atoms with Gasteiger partial charge in [0, 0.05) is 5.56 Å². The minimum atomic E-state index is -2.77. The van der Waals surface area contributed by atoms with Crippen molar-refractivity contribution in [2.45, 2.75) is 13.0 Å². The number of pyridine rings is 1. The first-order chi connectivity index (χ1) is 6.60. The molecule has 0 fully saturated rings. The fourth-order valence-electron chi connectivity index (χ4n) is 0.920. The standard InChI is InChI=1S/C8H5ClF2N2O/c9-7-5(8(10)11)1-4(3-14)6(2-12)13-7/h1,8,14H,3H2. The summed E-state index contributed by atoms with van der Waals surface area (Å²) in [5.41, 5.74) is -0.566. The van der Waals surface area contributed by atoms with E-state index in [2.05, 4.69) is 4.98 Å². The van der Waals surface area contributed by atoms with E-state index < -0.39 is 23.7 Å². The van der Waals surface area contributed by atoms with Gasteiger partial charge in [0.25, 0.3) is 6.43 Å². The first-order valence-electron chi connectivity index (χ1n) is 3.58. The molecule has 74 valence electrons. The number of hydrogen-bond donors (Lipinski definition) is 1. The number of alkyl halides is 2. The largest absolute Gasteiger partial charge is 0.392 e. The van der Waals surface area contributed by atoms with Crippen molar-refractivity contribution in [1.82, 2.24) is 4.98 Å². The summed E-state index contributed by atoms with van der Waals surface area (Å²) in [4.78, 5) is 3.45. The van der Waals surface area contributed by atoms with E-state index >= 15 is 0 Å². The molecule has 0 aromatic carbocycles. The molecule has 1 aromatic heterocycles. The van der Waals surface area contributed by atoms with Gasteiger partial charge in [0.05, 0.1) is 12.2 Å². The van der Waals surface area contributed by atoms with Crippen LogP contribution in [0.15, 0.2) is 6.07 Å². The van der Waals surface area contributed by atoms with Crippen molar-refractivity contribution < 1.29 is 13.9 Å². The van der Waals surface area contributed by atoms with Crippen molar-refractivity contribution >= 4 is 11.6 Å². The first-order valence-corrected chi connectivity index (χ1v) is 3.96. The molecule has 3 nitrogen and oxygen atoms in total. The number of aromatic nitrogens is 1. The Hall–Kier alpha value is -1.25. The smallest absolute Gasteiger partial charge is 0.266 e. The lowest BCUT2D eigenvalue weighted by molar-refractivity contribution is 0.150. The minimum Gasteiger partial charge on any atom is -0.392 e. The average molecular weight is 219 g/mol. The number of halogens is 3. The molecule has 0 radical (unpaired) electrons. The third-order valence-electron chi connectivity index (χ3n) is 1.59. The van der Waals surface area contributed by atoms with Crippen LogP contribution in [0.2, 0.25) is 5.15 Å². The van der Waals surface area contributed by atoms with Gasteiger partial charge >= 0.3 is 0 Å². The minimum absolute atomic E-state index is 0.0483. The molecule has 6 heteroatoms. The molecule has 0 bridgehead atoms. The van der Waals surface area contributed by atoms with E-state index in [-0.39, 0.29) is 11.3 Å². The van der Waals surface area contributed by atoms with Crippen molar-refractivity contribution in [2.24, 2.45) is 0 Å². The Kier molecular flexibility index (Phi) is 3.33. The van der Waals surface area contributed by atoms with Crippen LogP contribution in [-0.4, -0.2) is 10.1 Å². The van der Waals surface area contributed by atoms with E-state index in [0.29, 0.717) is 0 Å². The Morgan fingerprint density at radius 1 is 1.64 bits per heavy atom. The summed E-state index contributed by atoms with van der Waals surface area (Å²) in [5, 5.41) is 16.9. The summed E-state index contributed by atoms with van der Waals surface area (Å²) in [5.74, 6) is 0. The molecule has 0 unspecified atom stereocenters. The van der Waals surface area contributed by atoms with Gasteiger partial charge in [0.1, 0.15) is 16.9 Å². The maximum absolute atomic E-state index is 12.3. The molecule has 0 spiro atoms. The number of aliphatic hydroxyl groups excluding tert-OH is 1. The van der Waals surface area contributed by atoms with E-state index in [1.165, 1.54) is 0 Å². The van der Waals surface area contributed by atoms with E-state index in [0.717, 1.165) is 6.07 Å². The van der Waals surface area contributed by atoms with Gasteiger partial charge in [-0.15, -0.1) is 0 Å². The molecule has 0 aliphatic rings. The molecule has 1 N–H and O–H groups in total. The summed E-state index contributed by atoms with van der Waals surface area (Å²) < 4.78 is 24.6. The Morgan fingerprint density at radius 3 is 2.71 bits per heavy atom. The monoisotopic (exact) mass is 218 g/mol. The second kappa shape index (κ2) is 4.31. The van der Waals surface area contributed by atoms with Gasteiger partial charge in [0.15, 0.2) is 0 Å². The lowest BCUT2D eigenvalue weighted by atomic mass is 10.1. The topological polar surface area (TPSA) is 56.9 Å². The Labute approximate surface area is 83.6 Å². The molecule has 0 saturated heterocycles. The van der Waals surface area contributed by atoms with Gasteiger partial charge in [-0.1, -0.05) is 11.6 Å². The molecule has 1 aromatic rings. The summed E-state index contributed by atoms with van der Waals surface area (Å²) in [6.45, 7) is -0.521. The number of hydrogen-bond acceptors (Lipinski definition) is 3. The van der Waals surface area contributed by atoms with E-state index in [1.54, 1.807) is 6.07 Å². The quantitative estimate of drug-likeness (QED) is 0.773. The van der Waals surface area contributed by atoms with E-state index in [4.69, 9.17) is 22.0 Å². The van der Waals surface area contributed by atoms with Gasteiger partial charge in [-0.3, -0.25) is 0 Å². The van der Waals surface area contributed by atoms with Crippen molar-refractivity contribution in [3.05, 3.63) is 28.0 Å². The molecule has 14 heavy (non-hydrogen) atoms. The second-order valence-electron chi connectivity index (χ2n) is 2.45. The van der Waals surface area contributed by atoms with Crippen LogP contribution in [0.25, 0.3) is 0 Å². The molecular weight excluding hydrogens is 214 g/mol. The molecule has 0 aliphatic heterocycles. The zero-order valence-electron chi connectivity index (χ0n) is 6.84. The molecular formula is C8H5ClF2N2O. The van der Waals surface area contributed by atoms with Crippen LogP contribution in [0.3, 0.4) is 0 Å².